The first kappa shape index (κ1) is 12.9. The maximum atomic E-state index is 13.2. The summed E-state index contributed by atoms with van der Waals surface area (Å²) in [5, 5.41) is 0. The molecule has 0 bridgehead atoms. The van der Waals surface area contributed by atoms with Crippen molar-refractivity contribution < 1.29 is 22.3 Å². The second-order valence-corrected chi connectivity index (χ2v) is 5.51. The van der Waals surface area contributed by atoms with Gasteiger partial charge in [-0.3, -0.25) is 0 Å². The Labute approximate surface area is 96.4 Å². The average molecular weight is 267 g/mol. The molecule has 88 valence electrons. The van der Waals surface area contributed by atoms with Crippen LogP contribution in [0.1, 0.15) is 15.9 Å². The zero-order chi connectivity index (χ0) is 12.5. The zero-order valence-corrected chi connectivity index (χ0v) is 10.0. The average Bonchev–Trinajstić information content (AvgIpc) is 2.19. The van der Waals surface area contributed by atoms with Gasteiger partial charge in [-0.05, 0) is 19.1 Å². The number of hydrogen-bond donors (Lipinski definition) is 0. The number of halogens is 2. The van der Waals surface area contributed by atoms with E-state index in [1.54, 1.807) is 0 Å². The second kappa shape index (κ2) is 4.39. The van der Waals surface area contributed by atoms with E-state index in [9.17, 15) is 17.6 Å². The van der Waals surface area contributed by atoms with Crippen LogP contribution in [0.3, 0.4) is 0 Å². The van der Waals surface area contributed by atoms with E-state index >= 15 is 0 Å². The molecule has 1 rings (SSSR count). The van der Waals surface area contributed by atoms with E-state index in [0.717, 1.165) is 19.2 Å². The van der Waals surface area contributed by atoms with Crippen molar-refractivity contribution in [1.82, 2.24) is 0 Å². The fraction of sp³-hybridized carbons (Fsp3) is 0.222. The first-order valence-electron chi connectivity index (χ1n) is 4.11. The van der Waals surface area contributed by atoms with Crippen LogP contribution in [0.2, 0.25) is 0 Å². The molecule has 0 spiro atoms. The van der Waals surface area contributed by atoms with Crippen LogP contribution in [0.25, 0.3) is 0 Å². The Morgan fingerprint density at radius 3 is 2.44 bits per heavy atom. The minimum absolute atomic E-state index is 0.117. The van der Waals surface area contributed by atoms with Gasteiger partial charge in [-0.1, -0.05) is 0 Å². The van der Waals surface area contributed by atoms with Crippen molar-refractivity contribution in [3.8, 4) is 0 Å². The van der Waals surface area contributed by atoms with Gasteiger partial charge in [0, 0.05) is 16.2 Å². The molecular weight excluding hydrogens is 259 g/mol. The summed E-state index contributed by atoms with van der Waals surface area (Å²) < 4.78 is 39.9. The molecule has 7 heteroatoms. The van der Waals surface area contributed by atoms with E-state index in [1.807, 2.05) is 0 Å². The third-order valence-corrected chi connectivity index (χ3v) is 3.38. The smallest absolute Gasteiger partial charge is 0.339 e. The van der Waals surface area contributed by atoms with Gasteiger partial charge >= 0.3 is 5.97 Å². The fourth-order valence-corrected chi connectivity index (χ4v) is 2.32. The highest BCUT2D eigenvalue weighted by atomic mass is 35.7. The number of esters is 1. The first-order valence-corrected chi connectivity index (χ1v) is 6.42. The Morgan fingerprint density at radius 2 is 2.00 bits per heavy atom. The van der Waals surface area contributed by atoms with E-state index < -0.39 is 25.7 Å². The lowest BCUT2D eigenvalue weighted by Gasteiger charge is -2.08. The number of ether oxygens (including phenoxy) is 1. The quantitative estimate of drug-likeness (QED) is 0.605. The third-order valence-electron chi connectivity index (χ3n) is 2.01. The predicted molar refractivity (Wildman–Crippen MR) is 55.5 cm³/mol. The summed E-state index contributed by atoms with van der Waals surface area (Å²) in [6, 6.07) is 1.86. The van der Waals surface area contributed by atoms with Crippen LogP contribution in [0, 0.1) is 12.7 Å². The van der Waals surface area contributed by atoms with E-state index in [0.29, 0.717) is 0 Å². The minimum atomic E-state index is -4.12. The van der Waals surface area contributed by atoms with E-state index in [2.05, 4.69) is 4.74 Å². The van der Waals surface area contributed by atoms with Gasteiger partial charge in [0.1, 0.15) is 5.82 Å². The molecule has 0 saturated carbocycles. The van der Waals surface area contributed by atoms with E-state index in [1.165, 1.54) is 6.92 Å². The van der Waals surface area contributed by atoms with Gasteiger partial charge in [-0.25, -0.2) is 17.6 Å². The summed E-state index contributed by atoms with van der Waals surface area (Å²) in [7, 11) is 2.07. The first-order chi connectivity index (χ1) is 7.29. The van der Waals surface area contributed by atoms with Gasteiger partial charge in [-0.2, -0.15) is 0 Å². The maximum absolute atomic E-state index is 13.2. The van der Waals surface area contributed by atoms with Crippen LogP contribution in [0.5, 0.6) is 0 Å². The molecular formula is C9H8ClFO4S. The van der Waals surface area contributed by atoms with Crippen LogP contribution < -0.4 is 0 Å². The summed E-state index contributed by atoms with van der Waals surface area (Å²) in [5.41, 5.74) is -0.494. The van der Waals surface area contributed by atoms with Gasteiger partial charge in [0.25, 0.3) is 9.05 Å². The fourth-order valence-electron chi connectivity index (χ4n) is 1.22. The number of carbonyl (C=O) groups excluding carboxylic acids is 1. The highest BCUT2D eigenvalue weighted by Gasteiger charge is 2.24. The molecule has 0 aliphatic carbocycles. The van der Waals surface area contributed by atoms with Crippen molar-refractivity contribution in [3.05, 3.63) is 29.1 Å². The van der Waals surface area contributed by atoms with Crippen molar-refractivity contribution >= 4 is 25.7 Å². The van der Waals surface area contributed by atoms with E-state index in [-0.39, 0.29) is 11.1 Å². The molecule has 0 N–H and O–H groups in total. The lowest BCUT2D eigenvalue weighted by Crippen LogP contribution is -2.11. The molecule has 0 fully saturated rings. The standard InChI is InChI=1S/C9H8ClFO4S/c1-5-6(11)3-4-7(16(10,13)14)8(5)9(12)15-2/h3-4H,1-2H3. The van der Waals surface area contributed by atoms with Crippen LogP contribution in [-0.4, -0.2) is 21.5 Å². The molecule has 0 aliphatic heterocycles. The zero-order valence-electron chi connectivity index (χ0n) is 8.45. The Kier molecular flexibility index (Phi) is 3.54. The number of carbonyl (C=O) groups is 1. The van der Waals surface area contributed by atoms with Crippen LogP contribution in [-0.2, 0) is 13.8 Å². The highest BCUT2D eigenvalue weighted by Crippen LogP contribution is 2.25. The van der Waals surface area contributed by atoms with Crippen molar-refractivity contribution in [1.29, 1.82) is 0 Å². The molecule has 0 unspecified atom stereocenters. The Morgan fingerprint density at radius 1 is 1.44 bits per heavy atom. The number of rotatable bonds is 2. The van der Waals surface area contributed by atoms with Gasteiger partial charge in [0.15, 0.2) is 0 Å². The lowest BCUT2D eigenvalue weighted by atomic mass is 10.1. The monoisotopic (exact) mass is 266 g/mol. The summed E-state index contributed by atoms with van der Waals surface area (Å²) >= 11 is 0. The van der Waals surface area contributed by atoms with Crippen LogP contribution >= 0.6 is 10.7 Å². The molecule has 0 aromatic heterocycles. The van der Waals surface area contributed by atoms with Gasteiger partial charge in [0.05, 0.1) is 17.6 Å². The summed E-state index contributed by atoms with van der Waals surface area (Å²) in [5.74, 6) is -1.65. The minimum Gasteiger partial charge on any atom is -0.465 e. The van der Waals surface area contributed by atoms with E-state index in [4.69, 9.17) is 10.7 Å². The molecule has 0 saturated heterocycles. The lowest BCUT2D eigenvalue weighted by molar-refractivity contribution is 0.0595. The molecule has 4 nitrogen and oxygen atoms in total. The topological polar surface area (TPSA) is 60.4 Å². The van der Waals surface area contributed by atoms with Gasteiger partial charge < -0.3 is 4.74 Å². The predicted octanol–water partition coefficient (Wildman–Crippen LogP) is 1.85. The highest BCUT2D eigenvalue weighted by molar-refractivity contribution is 8.13. The molecule has 16 heavy (non-hydrogen) atoms. The molecule has 0 atom stereocenters. The Hall–Kier alpha value is -1.14. The SMILES string of the molecule is COC(=O)c1c(S(=O)(=O)Cl)ccc(F)c1C. The molecule has 0 radical (unpaired) electrons. The molecule has 1 aromatic carbocycles. The van der Waals surface area contributed by atoms with Crippen molar-refractivity contribution in [2.45, 2.75) is 11.8 Å². The number of hydrogen-bond acceptors (Lipinski definition) is 4. The maximum Gasteiger partial charge on any atom is 0.339 e. The largest absolute Gasteiger partial charge is 0.465 e. The Balaban J connectivity index is 3.65. The molecule has 0 aliphatic rings. The number of methoxy groups -OCH3 is 1. The summed E-state index contributed by atoms with van der Waals surface area (Å²) in [6.45, 7) is 1.27. The third kappa shape index (κ3) is 2.33. The summed E-state index contributed by atoms with van der Waals surface area (Å²) in [6.07, 6.45) is 0. The van der Waals surface area contributed by atoms with Gasteiger partial charge in [0.2, 0.25) is 0 Å². The second-order valence-electron chi connectivity index (χ2n) is 2.97. The molecule has 1 aromatic rings. The molecule has 0 amide bonds. The van der Waals surface area contributed by atoms with Gasteiger partial charge in [-0.15, -0.1) is 0 Å². The van der Waals surface area contributed by atoms with Crippen molar-refractivity contribution in [3.63, 3.8) is 0 Å². The van der Waals surface area contributed by atoms with Crippen LogP contribution in [0.4, 0.5) is 4.39 Å². The normalized spacial score (nSPS) is 11.2. The summed E-state index contributed by atoms with van der Waals surface area (Å²) in [4.78, 5) is 10.9. The van der Waals surface area contributed by atoms with Crippen molar-refractivity contribution in [2.75, 3.05) is 7.11 Å². The van der Waals surface area contributed by atoms with Crippen LogP contribution in [0.15, 0.2) is 17.0 Å². The number of benzene rings is 1. The molecule has 0 heterocycles. The van der Waals surface area contributed by atoms with Crippen molar-refractivity contribution in [2.24, 2.45) is 0 Å². The Bertz CT molecular complexity index is 539.